The molecule has 1 saturated heterocycles. The van der Waals surface area contributed by atoms with Gasteiger partial charge in [0.15, 0.2) is 17.8 Å². The quantitative estimate of drug-likeness (QED) is 0.877. The van der Waals surface area contributed by atoms with E-state index in [0.29, 0.717) is 12.4 Å². The molecular formula is C14H22N2O4. The standard InChI is InChI=1S/C14H22N2O4/c1-14(2,3)10(17)7-15-13(18)11-12(20-8-16-11)9-5-4-6-19-9/h8-10,17H,4-7H2,1-3H3,(H,15,18). The van der Waals surface area contributed by atoms with Crippen LogP contribution in [0.4, 0.5) is 0 Å². The van der Waals surface area contributed by atoms with Gasteiger partial charge < -0.3 is 19.6 Å². The minimum absolute atomic E-state index is 0.181. The molecule has 20 heavy (non-hydrogen) atoms. The van der Waals surface area contributed by atoms with Gasteiger partial charge >= 0.3 is 0 Å². The van der Waals surface area contributed by atoms with Gasteiger partial charge in [0, 0.05) is 13.2 Å². The van der Waals surface area contributed by atoms with Crippen molar-refractivity contribution in [2.75, 3.05) is 13.2 Å². The number of aliphatic hydroxyl groups excluding tert-OH is 1. The van der Waals surface area contributed by atoms with Crippen LogP contribution in [0.5, 0.6) is 0 Å². The van der Waals surface area contributed by atoms with Crippen LogP contribution in [0.2, 0.25) is 0 Å². The monoisotopic (exact) mass is 282 g/mol. The fourth-order valence-corrected chi connectivity index (χ4v) is 2.02. The van der Waals surface area contributed by atoms with Crippen LogP contribution >= 0.6 is 0 Å². The van der Waals surface area contributed by atoms with Gasteiger partial charge in [-0.1, -0.05) is 20.8 Å². The molecule has 0 aliphatic carbocycles. The summed E-state index contributed by atoms with van der Waals surface area (Å²) in [6, 6.07) is 0. The third-order valence-corrected chi connectivity index (χ3v) is 3.49. The number of carbonyl (C=O) groups is 1. The summed E-state index contributed by atoms with van der Waals surface area (Å²) >= 11 is 0. The molecule has 112 valence electrons. The average Bonchev–Trinajstić information content (AvgIpc) is 3.03. The molecule has 6 heteroatoms. The minimum atomic E-state index is -0.621. The second-order valence-corrected chi connectivity index (χ2v) is 6.16. The first-order chi connectivity index (χ1) is 9.39. The molecule has 1 amide bonds. The van der Waals surface area contributed by atoms with Crippen molar-refractivity contribution in [3.05, 3.63) is 17.8 Å². The molecule has 0 spiro atoms. The first-order valence-electron chi connectivity index (χ1n) is 6.91. The van der Waals surface area contributed by atoms with E-state index in [0.717, 1.165) is 12.8 Å². The summed E-state index contributed by atoms with van der Waals surface area (Å²) in [5.74, 6) is 0.137. The summed E-state index contributed by atoms with van der Waals surface area (Å²) in [6.07, 6.45) is 2.23. The van der Waals surface area contributed by atoms with Gasteiger partial charge in [-0.3, -0.25) is 4.79 Å². The van der Waals surface area contributed by atoms with Crippen molar-refractivity contribution in [2.24, 2.45) is 5.41 Å². The zero-order valence-corrected chi connectivity index (χ0v) is 12.2. The molecule has 1 aliphatic heterocycles. The van der Waals surface area contributed by atoms with Crippen molar-refractivity contribution in [2.45, 2.75) is 45.8 Å². The van der Waals surface area contributed by atoms with E-state index in [1.165, 1.54) is 6.39 Å². The summed E-state index contributed by atoms with van der Waals surface area (Å²) in [5.41, 5.74) is -0.0351. The van der Waals surface area contributed by atoms with E-state index in [1.807, 2.05) is 20.8 Å². The van der Waals surface area contributed by atoms with Crippen LogP contribution in [0.1, 0.15) is 56.0 Å². The number of rotatable bonds is 4. The average molecular weight is 282 g/mol. The van der Waals surface area contributed by atoms with Gasteiger partial charge in [0.25, 0.3) is 5.91 Å². The number of hydrogen-bond acceptors (Lipinski definition) is 5. The fourth-order valence-electron chi connectivity index (χ4n) is 2.02. The number of hydrogen-bond donors (Lipinski definition) is 2. The van der Waals surface area contributed by atoms with Crippen LogP contribution in [-0.4, -0.2) is 35.3 Å². The maximum Gasteiger partial charge on any atom is 0.273 e. The summed E-state index contributed by atoms with van der Waals surface area (Å²) in [6.45, 7) is 6.60. The number of nitrogens with zero attached hydrogens (tertiary/aromatic N) is 1. The number of aliphatic hydroxyl groups is 1. The molecule has 0 bridgehead atoms. The van der Waals surface area contributed by atoms with Crippen LogP contribution in [0.15, 0.2) is 10.8 Å². The van der Waals surface area contributed by atoms with E-state index < -0.39 is 6.10 Å². The molecule has 2 N–H and O–H groups in total. The Hall–Kier alpha value is -1.40. The lowest BCUT2D eigenvalue weighted by molar-refractivity contribution is 0.0580. The first kappa shape index (κ1) is 15.0. The Bertz CT molecular complexity index is 458. The normalized spacial score (nSPS) is 20.9. The van der Waals surface area contributed by atoms with Crippen LogP contribution in [-0.2, 0) is 4.74 Å². The molecule has 2 atom stereocenters. The van der Waals surface area contributed by atoms with Gasteiger partial charge in [-0.2, -0.15) is 0 Å². The highest BCUT2D eigenvalue weighted by molar-refractivity contribution is 5.93. The zero-order valence-electron chi connectivity index (χ0n) is 12.2. The molecular weight excluding hydrogens is 260 g/mol. The Balaban J connectivity index is 1.98. The van der Waals surface area contributed by atoms with Gasteiger partial charge in [-0.15, -0.1) is 0 Å². The van der Waals surface area contributed by atoms with Gasteiger partial charge in [0.2, 0.25) is 0 Å². The van der Waals surface area contributed by atoms with Crippen molar-refractivity contribution in [1.82, 2.24) is 10.3 Å². The molecule has 6 nitrogen and oxygen atoms in total. The fraction of sp³-hybridized carbons (Fsp3) is 0.714. The predicted molar refractivity (Wildman–Crippen MR) is 72.2 cm³/mol. The molecule has 0 radical (unpaired) electrons. The Labute approximate surface area is 118 Å². The molecule has 1 aliphatic rings. The number of oxazole rings is 1. The maximum absolute atomic E-state index is 12.1. The summed E-state index contributed by atoms with van der Waals surface area (Å²) in [5, 5.41) is 12.6. The number of aromatic nitrogens is 1. The van der Waals surface area contributed by atoms with Crippen molar-refractivity contribution in [3.8, 4) is 0 Å². The number of nitrogens with one attached hydrogen (secondary N) is 1. The van der Waals surface area contributed by atoms with E-state index in [1.54, 1.807) is 0 Å². The van der Waals surface area contributed by atoms with Gasteiger partial charge in [0.05, 0.1) is 6.10 Å². The third kappa shape index (κ3) is 3.37. The lowest BCUT2D eigenvalue weighted by Crippen LogP contribution is -2.39. The van der Waals surface area contributed by atoms with Crippen molar-refractivity contribution >= 4 is 5.91 Å². The molecule has 2 rings (SSSR count). The third-order valence-electron chi connectivity index (χ3n) is 3.49. The van der Waals surface area contributed by atoms with Crippen molar-refractivity contribution in [3.63, 3.8) is 0 Å². The van der Waals surface area contributed by atoms with Crippen LogP contribution < -0.4 is 5.32 Å². The molecule has 2 unspecified atom stereocenters. The van der Waals surface area contributed by atoms with Gasteiger partial charge in [0.1, 0.15) is 6.10 Å². The topological polar surface area (TPSA) is 84.6 Å². The van der Waals surface area contributed by atoms with E-state index in [-0.39, 0.29) is 29.7 Å². The lowest BCUT2D eigenvalue weighted by atomic mass is 9.89. The van der Waals surface area contributed by atoms with Crippen LogP contribution in [0.25, 0.3) is 0 Å². The minimum Gasteiger partial charge on any atom is -0.445 e. The van der Waals surface area contributed by atoms with E-state index in [4.69, 9.17) is 9.15 Å². The zero-order chi connectivity index (χ0) is 14.8. The smallest absolute Gasteiger partial charge is 0.273 e. The number of ether oxygens (including phenoxy) is 1. The molecule has 1 fully saturated rings. The summed E-state index contributed by atoms with van der Waals surface area (Å²) in [7, 11) is 0. The summed E-state index contributed by atoms with van der Waals surface area (Å²) < 4.78 is 10.8. The lowest BCUT2D eigenvalue weighted by Gasteiger charge is -2.25. The van der Waals surface area contributed by atoms with Gasteiger partial charge in [-0.05, 0) is 18.3 Å². The molecule has 0 aromatic carbocycles. The Morgan fingerprint density at radius 3 is 2.95 bits per heavy atom. The predicted octanol–water partition coefficient (Wildman–Crippen LogP) is 1.66. The van der Waals surface area contributed by atoms with Crippen LogP contribution in [0.3, 0.4) is 0 Å². The highest BCUT2D eigenvalue weighted by Crippen LogP contribution is 2.30. The van der Waals surface area contributed by atoms with Crippen molar-refractivity contribution < 1.29 is 19.1 Å². The molecule has 2 heterocycles. The van der Waals surface area contributed by atoms with E-state index >= 15 is 0 Å². The SMILES string of the molecule is CC(C)(C)C(O)CNC(=O)c1ncoc1C1CCCO1. The van der Waals surface area contributed by atoms with E-state index in [9.17, 15) is 9.90 Å². The van der Waals surface area contributed by atoms with Crippen LogP contribution in [0, 0.1) is 5.41 Å². The Kier molecular flexibility index (Phi) is 4.45. The largest absolute Gasteiger partial charge is 0.445 e. The Morgan fingerprint density at radius 2 is 2.35 bits per heavy atom. The summed E-state index contributed by atoms with van der Waals surface area (Å²) in [4.78, 5) is 16.1. The van der Waals surface area contributed by atoms with Gasteiger partial charge in [-0.25, -0.2) is 4.98 Å². The molecule has 0 saturated carbocycles. The molecule has 1 aromatic rings. The first-order valence-corrected chi connectivity index (χ1v) is 6.91. The maximum atomic E-state index is 12.1. The number of carbonyl (C=O) groups excluding carboxylic acids is 1. The van der Waals surface area contributed by atoms with E-state index in [2.05, 4.69) is 10.3 Å². The highest BCUT2D eigenvalue weighted by Gasteiger charge is 2.29. The van der Waals surface area contributed by atoms with Crippen molar-refractivity contribution in [1.29, 1.82) is 0 Å². The highest BCUT2D eigenvalue weighted by atomic mass is 16.5. The molecule has 1 aromatic heterocycles. The second kappa shape index (κ2) is 5.93. The second-order valence-electron chi connectivity index (χ2n) is 6.16. The Morgan fingerprint density at radius 1 is 1.60 bits per heavy atom. The number of amides is 1.